The van der Waals surface area contributed by atoms with Gasteiger partial charge in [0.2, 0.25) is 0 Å². The molecule has 1 aromatic carbocycles. The monoisotopic (exact) mass is 218 g/mol. The Kier molecular flexibility index (Phi) is 3.20. The van der Waals surface area contributed by atoms with Gasteiger partial charge in [-0.05, 0) is 17.7 Å². The third-order valence-electron chi connectivity index (χ3n) is 2.82. The van der Waals surface area contributed by atoms with Gasteiger partial charge >= 0.3 is 0 Å². The van der Waals surface area contributed by atoms with E-state index in [0.717, 1.165) is 5.56 Å². The van der Waals surface area contributed by atoms with Crippen LogP contribution < -0.4 is 0 Å². The van der Waals surface area contributed by atoms with Crippen molar-refractivity contribution in [2.75, 3.05) is 13.1 Å². The summed E-state index contributed by atoms with van der Waals surface area (Å²) in [5, 5.41) is 27.4. The number of hydrogen-bond donors (Lipinski definition) is 2. The minimum atomic E-state index is -0.640. The topological polar surface area (TPSA) is 67.5 Å². The average Bonchev–Trinajstić information content (AvgIpc) is 2.59. The van der Waals surface area contributed by atoms with Gasteiger partial charge in [-0.2, -0.15) is 5.26 Å². The van der Waals surface area contributed by atoms with Crippen molar-refractivity contribution in [2.24, 2.45) is 0 Å². The molecule has 2 unspecified atom stereocenters. The first-order valence-electron chi connectivity index (χ1n) is 5.26. The van der Waals surface area contributed by atoms with Crippen LogP contribution in [-0.4, -0.2) is 40.4 Å². The minimum absolute atomic E-state index is 0.501. The quantitative estimate of drug-likeness (QED) is 0.738. The molecule has 4 heteroatoms. The van der Waals surface area contributed by atoms with Gasteiger partial charge in [0, 0.05) is 19.6 Å². The van der Waals surface area contributed by atoms with Gasteiger partial charge in [0.1, 0.15) is 0 Å². The van der Waals surface area contributed by atoms with Gasteiger partial charge in [-0.1, -0.05) is 12.1 Å². The highest BCUT2D eigenvalue weighted by atomic mass is 16.3. The molecule has 2 atom stereocenters. The largest absolute Gasteiger partial charge is 0.389 e. The van der Waals surface area contributed by atoms with E-state index in [2.05, 4.69) is 6.07 Å². The zero-order valence-electron chi connectivity index (χ0n) is 8.87. The highest BCUT2D eigenvalue weighted by molar-refractivity contribution is 5.31. The molecule has 0 radical (unpaired) electrons. The van der Waals surface area contributed by atoms with Gasteiger partial charge < -0.3 is 10.2 Å². The van der Waals surface area contributed by atoms with Crippen LogP contribution in [0.4, 0.5) is 0 Å². The molecule has 1 aromatic rings. The van der Waals surface area contributed by atoms with Crippen LogP contribution in [0.3, 0.4) is 0 Å². The summed E-state index contributed by atoms with van der Waals surface area (Å²) < 4.78 is 0. The van der Waals surface area contributed by atoms with E-state index in [1.165, 1.54) is 0 Å². The Morgan fingerprint density at radius 2 is 1.75 bits per heavy atom. The Hall–Kier alpha value is -1.41. The van der Waals surface area contributed by atoms with Gasteiger partial charge in [-0.3, -0.25) is 4.90 Å². The maximum absolute atomic E-state index is 9.39. The van der Waals surface area contributed by atoms with E-state index in [9.17, 15) is 10.2 Å². The molecule has 2 rings (SSSR count). The Balaban J connectivity index is 1.97. The van der Waals surface area contributed by atoms with Gasteiger partial charge in [0.05, 0.1) is 23.8 Å². The molecule has 1 heterocycles. The van der Waals surface area contributed by atoms with Crippen LogP contribution in [-0.2, 0) is 6.54 Å². The summed E-state index contributed by atoms with van der Waals surface area (Å²) in [5.74, 6) is 0. The Labute approximate surface area is 94.4 Å². The van der Waals surface area contributed by atoms with E-state index in [-0.39, 0.29) is 0 Å². The van der Waals surface area contributed by atoms with E-state index in [0.29, 0.717) is 25.2 Å². The zero-order valence-corrected chi connectivity index (χ0v) is 8.87. The summed E-state index contributed by atoms with van der Waals surface area (Å²) in [4.78, 5) is 2.00. The lowest BCUT2D eigenvalue weighted by Crippen LogP contribution is -2.22. The average molecular weight is 218 g/mol. The van der Waals surface area contributed by atoms with E-state index in [1.54, 1.807) is 12.1 Å². The fraction of sp³-hybridized carbons (Fsp3) is 0.417. The Bertz CT molecular complexity index is 386. The molecule has 1 saturated heterocycles. The second kappa shape index (κ2) is 4.62. The van der Waals surface area contributed by atoms with Crippen molar-refractivity contribution >= 4 is 0 Å². The molecule has 2 N–H and O–H groups in total. The maximum atomic E-state index is 9.39. The first-order valence-corrected chi connectivity index (χ1v) is 5.26. The van der Waals surface area contributed by atoms with E-state index in [1.807, 2.05) is 17.0 Å². The van der Waals surface area contributed by atoms with Gasteiger partial charge in [0.15, 0.2) is 0 Å². The summed E-state index contributed by atoms with van der Waals surface area (Å²) in [5.41, 5.74) is 1.73. The highest BCUT2D eigenvalue weighted by Gasteiger charge is 2.29. The van der Waals surface area contributed by atoms with Crippen LogP contribution in [0.2, 0.25) is 0 Å². The number of rotatable bonds is 2. The molecule has 84 valence electrons. The fourth-order valence-corrected chi connectivity index (χ4v) is 1.92. The first-order chi connectivity index (χ1) is 7.69. The molecule has 1 fully saturated rings. The maximum Gasteiger partial charge on any atom is 0.0991 e. The fourth-order valence-electron chi connectivity index (χ4n) is 1.92. The summed E-state index contributed by atoms with van der Waals surface area (Å²) in [6, 6.07) is 9.42. The Morgan fingerprint density at radius 3 is 2.25 bits per heavy atom. The highest BCUT2D eigenvalue weighted by Crippen LogP contribution is 2.14. The predicted octanol–water partition coefficient (Wildman–Crippen LogP) is 0.0957. The van der Waals surface area contributed by atoms with Crippen molar-refractivity contribution in [1.82, 2.24) is 4.90 Å². The van der Waals surface area contributed by atoms with Crippen LogP contribution >= 0.6 is 0 Å². The van der Waals surface area contributed by atoms with Gasteiger partial charge in [0.25, 0.3) is 0 Å². The van der Waals surface area contributed by atoms with Crippen molar-refractivity contribution < 1.29 is 10.2 Å². The molecular formula is C12H14N2O2. The predicted molar refractivity (Wildman–Crippen MR) is 58.4 cm³/mol. The number of likely N-dealkylation sites (tertiary alicyclic amines) is 1. The van der Waals surface area contributed by atoms with Crippen molar-refractivity contribution in [3.05, 3.63) is 35.4 Å². The third kappa shape index (κ3) is 2.39. The van der Waals surface area contributed by atoms with E-state index < -0.39 is 12.2 Å². The van der Waals surface area contributed by atoms with Crippen LogP contribution in [0.25, 0.3) is 0 Å². The summed E-state index contributed by atoms with van der Waals surface area (Å²) in [7, 11) is 0. The second-order valence-electron chi connectivity index (χ2n) is 4.14. The van der Waals surface area contributed by atoms with E-state index >= 15 is 0 Å². The van der Waals surface area contributed by atoms with Gasteiger partial charge in [-0.15, -0.1) is 0 Å². The number of benzene rings is 1. The molecule has 0 aliphatic carbocycles. The molecule has 0 aromatic heterocycles. The lowest BCUT2D eigenvalue weighted by molar-refractivity contribution is 0.0572. The molecule has 1 aliphatic rings. The summed E-state index contributed by atoms with van der Waals surface area (Å²) >= 11 is 0. The molecule has 16 heavy (non-hydrogen) atoms. The minimum Gasteiger partial charge on any atom is -0.389 e. The van der Waals surface area contributed by atoms with Crippen molar-refractivity contribution in [1.29, 1.82) is 5.26 Å². The number of aliphatic hydroxyl groups excluding tert-OH is 2. The van der Waals surface area contributed by atoms with Crippen LogP contribution in [0.5, 0.6) is 0 Å². The SMILES string of the molecule is N#Cc1ccc(CN2CC(O)C(O)C2)cc1. The van der Waals surface area contributed by atoms with Crippen molar-refractivity contribution in [3.8, 4) is 6.07 Å². The van der Waals surface area contributed by atoms with Crippen molar-refractivity contribution in [2.45, 2.75) is 18.8 Å². The molecule has 0 bridgehead atoms. The van der Waals surface area contributed by atoms with Crippen LogP contribution in [0.1, 0.15) is 11.1 Å². The van der Waals surface area contributed by atoms with Crippen LogP contribution in [0, 0.1) is 11.3 Å². The lowest BCUT2D eigenvalue weighted by atomic mass is 10.1. The first kappa shape index (κ1) is 11.1. The van der Waals surface area contributed by atoms with Crippen molar-refractivity contribution in [3.63, 3.8) is 0 Å². The number of nitrogens with zero attached hydrogens (tertiary/aromatic N) is 2. The summed E-state index contributed by atoms with van der Waals surface area (Å²) in [6.07, 6.45) is -1.28. The lowest BCUT2D eigenvalue weighted by Gasteiger charge is -2.14. The third-order valence-corrected chi connectivity index (χ3v) is 2.82. The second-order valence-corrected chi connectivity index (χ2v) is 4.14. The smallest absolute Gasteiger partial charge is 0.0991 e. The molecule has 0 spiro atoms. The standard InChI is InChI=1S/C12H14N2O2/c13-5-9-1-3-10(4-2-9)6-14-7-11(15)12(16)8-14/h1-4,11-12,15-16H,6-8H2. The molecule has 0 saturated carbocycles. The van der Waals surface area contributed by atoms with E-state index in [4.69, 9.17) is 5.26 Å². The molecular weight excluding hydrogens is 204 g/mol. The molecule has 1 aliphatic heterocycles. The number of nitriles is 1. The number of β-amino-alcohol motifs (C(OH)–C–C–N with tert-alkyl or cyclic N) is 2. The van der Waals surface area contributed by atoms with Gasteiger partial charge in [-0.25, -0.2) is 0 Å². The zero-order chi connectivity index (χ0) is 11.5. The summed E-state index contributed by atoms with van der Waals surface area (Å²) in [6.45, 7) is 1.70. The number of aliphatic hydroxyl groups is 2. The van der Waals surface area contributed by atoms with Crippen LogP contribution in [0.15, 0.2) is 24.3 Å². The molecule has 0 amide bonds. The Morgan fingerprint density at radius 1 is 1.19 bits per heavy atom. The molecule has 4 nitrogen and oxygen atoms in total. The normalized spacial score (nSPS) is 25.6. The number of hydrogen-bond acceptors (Lipinski definition) is 4.